The van der Waals surface area contributed by atoms with E-state index >= 15 is 0 Å². The van der Waals surface area contributed by atoms with E-state index in [2.05, 4.69) is 16.9 Å². The van der Waals surface area contributed by atoms with Crippen molar-refractivity contribution in [2.24, 2.45) is 0 Å². The van der Waals surface area contributed by atoms with Gasteiger partial charge >= 0.3 is 0 Å². The van der Waals surface area contributed by atoms with Crippen LogP contribution in [-0.2, 0) is 11.2 Å². The molecule has 1 aromatic heterocycles. The van der Waals surface area contributed by atoms with Crippen LogP contribution in [0, 0.1) is 0 Å². The van der Waals surface area contributed by atoms with Crippen LogP contribution in [0.4, 0.5) is 5.82 Å². The van der Waals surface area contributed by atoms with Crippen molar-refractivity contribution >= 4 is 23.3 Å². The van der Waals surface area contributed by atoms with Crippen LogP contribution in [0.3, 0.4) is 0 Å². The Labute approximate surface area is 124 Å². The van der Waals surface area contributed by atoms with Crippen molar-refractivity contribution in [3.63, 3.8) is 0 Å². The smallest absolute Gasteiger partial charge is 0.247 e. The number of carbonyl (C=O) groups is 1. The SMILES string of the molecule is CCCc1c(Cl)ncnc1N1CCN(C)C(=O)C1(C)C. The van der Waals surface area contributed by atoms with Gasteiger partial charge in [0, 0.05) is 25.7 Å². The summed E-state index contributed by atoms with van der Waals surface area (Å²) in [4.78, 5) is 24.7. The lowest BCUT2D eigenvalue weighted by Crippen LogP contribution is -2.62. The summed E-state index contributed by atoms with van der Waals surface area (Å²) in [7, 11) is 1.83. The number of aromatic nitrogens is 2. The van der Waals surface area contributed by atoms with Crippen molar-refractivity contribution in [1.82, 2.24) is 14.9 Å². The Kier molecular flexibility index (Phi) is 4.18. The minimum Gasteiger partial charge on any atom is -0.342 e. The third kappa shape index (κ3) is 2.46. The van der Waals surface area contributed by atoms with Gasteiger partial charge in [0.25, 0.3) is 0 Å². The molecule has 0 spiro atoms. The summed E-state index contributed by atoms with van der Waals surface area (Å²) in [6.45, 7) is 7.38. The van der Waals surface area contributed by atoms with Crippen molar-refractivity contribution in [2.45, 2.75) is 39.2 Å². The monoisotopic (exact) mass is 296 g/mol. The molecule has 2 rings (SSSR count). The van der Waals surface area contributed by atoms with Crippen molar-refractivity contribution in [1.29, 1.82) is 0 Å². The van der Waals surface area contributed by atoms with Crippen LogP contribution in [0.2, 0.25) is 5.15 Å². The summed E-state index contributed by atoms with van der Waals surface area (Å²) in [6, 6.07) is 0. The van der Waals surface area contributed by atoms with Gasteiger partial charge in [-0.1, -0.05) is 24.9 Å². The van der Waals surface area contributed by atoms with E-state index in [0.29, 0.717) is 11.7 Å². The van der Waals surface area contributed by atoms with Gasteiger partial charge in [-0.15, -0.1) is 0 Å². The third-order valence-electron chi connectivity index (χ3n) is 3.83. The Morgan fingerprint density at radius 3 is 2.70 bits per heavy atom. The number of rotatable bonds is 3. The molecule has 0 unspecified atom stereocenters. The first-order chi connectivity index (χ1) is 9.39. The molecule has 1 saturated heterocycles. The van der Waals surface area contributed by atoms with Crippen molar-refractivity contribution in [2.75, 3.05) is 25.0 Å². The number of hydrogen-bond acceptors (Lipinski definition) is 4. The van der Waals surface area contributed by atoms with Crippen LogP contribution in [0.25, 0.3) is 0 Å². The zero-order valence-electron chi connectivity index (χ0n) is 12.5. The predicted octanol–water partition coefficient (Wildman–Crippen LogP) is 2.14. The molecule has 1 aliphatic rings. The lowest BCUT2D eigenvalue weighted by atomic mass is 9.96. The Balaban J connectivity index is 2.46. The highest BCUT2D eigenvalue weighted by Gasteiger charge is 2.42. The van der Waals surface area contributed by atoms with Crippen LogP contribution >= 0.6 is 11.6 Å². The molecule has 5 nitrogen and oxygen atoms in total. The Morgan fingerprint density at radius 2 is 2.05 bits per heavy atom. The topological polar surface area (TPSA) is 49.3 Å². The summed E-state index contributed by atoms with van der Waals surface area (Å²) in [6.07, 6.45) is 3.24. The van der Waals surface area contributed by atoms with Gasteiger partial charge in [-0.05, 0) is 20.3 Å². The second kappa shape index (κ2) is 5.56. The normalized spacial score (nSPS) is 18.6. The highest BCUT2D eigenvalue weighted by molar-refractivity contribution is 6.30. The van der Waals surface area contributed by atoms with Crippen molar-refractivity contribution in [3.05, 3.63) is 17.0 Å². The van der Waals surface area contributed by atoms with Crippen LogP contribution in [0.5, 0.6) is 0 Å². The molecular formula is C14H21ClN4O. The summed E-state index contributed by atoms with van der Waals surface area (Å²) in [5.41, 5.74) is 0.315. The molecule has 1 aliphatic heterocycles. The number of anilines is 1. The zero-order chi connectivity index (χ0) is 14.9. The number of carbonyl (C=O) groups excluding carboxylic acids is 1. The fraction of sp³-hybridized carbons (Fsp3) is 0.643. The molecule has 110 valence electrons. The van der Waals surface area contributed by atoms with E-state index in [-0.39, 0.29) is 5.91 Å². The maximum Gasteiger partial charge on any atom is 0.247 e. The lowest BCUT2D eigenvalue weighted by Gasteiger charge is -2.46. The molecule has 0 radical (unpaired) electrons. The summed E-state index contributed by atoms with van der Waals surface area (Å²) >= 11 is 6.21. The molecule has 2 heterocycles. The first-order valence-corrected chi connectivity index (χ1v) is 7.30. The molecule has 0 aromatic carbocycles. The van der Waals surface area contributed by atoms with Gasteiger partial charge in [-0.3, -0.25) is 4.79 Å². The maximum atomic E-state index is 12.4. The quantitative estimate of drug-likeness (QED) is 0.802. The van der Waals surface area contributed by atoms with E-state index < -0.39 is 5.54 Å². The molecule has 0 N–H and O–H groups in total. The van der Waals surface area contributed by atoms with Gasteiger partial charge < -0.3 is 9.80 Å². The molecule has 0 bridgehead atoms. The number of nitrogens with zero attached hydrogens (tertiary/aromatic N) is 4. The van der Waals surface area contributed by atoms with Gasteiger partial charge in [-0.25, -0.2) is 9.97 Å². The molecule has 6 heteroatoms. The Morgan fingerprint density at radius 1 is 1.35 bits per heavy atom. The zero-order valence-corrected chi connectivity index (χ0v) is 13.2. The average molecular weight is 297 g/mol. The van der Waals surface area contributed by atoms with Crippen LogP contribution < -0.4 is 4.90 Å². The number of piperazine rings is 1. The Bertz CT molecular complexity index is 518. The Hall–Kier alpha value is -1.36. The fourth-order valence-electron chi connectivity index (χ4n) is 2.66. The first kappa shape index (κ1) is 15.0. The van der Waals surface area contributed by atoms with Crippen LogP contribution in [0.1, 0.15) is 32.8 Å². The number of halogens is 1. The molecule has 0 saturated carbocycles. The summed E-state index contributed by atoms with van der Waals surface area (Å²) in [5, 5.41) is 0.485. The largest absolute Gasteiger partial charge is 0.342 e. The number of amides is 1. The lowest BCUT2D eigenvalue weighted by molar-refractivity contribution is -0.136. The highest BCUT2D eigenvalue weighted by atomic mass is 35.5. The molecule has 1 amide bonds. The second-order valence-corrected chi connectivity index (χ2v) is 6.01. The average Bonchev–Trinajstić information content (AvgIpc) is 2.39. The van der Waals surface area contributed by atoms with E-state index in [1.807, 2.05) is 25.8 Å². The van der Waals surface area contributed by atoms with Gasteiger partial charge in [-0.2, -0.15) is 0 Å². The third-order valence-corrected chi connectivity index (χ3v) is 4.16. The van der Waals surface area contributed by atoms with Gasteiger partial charge in [0.05, 0.1) is 0 Å². The second-order valence-electron chi connectivity index (χ2n) is 5.65. The van der Waals surface area contributed by atoms with E-state index in [0.717, 1.165) is 30.8 Å². The van der Waals surface area contributed by atoms with Gasteiger partial charge in [0.1, 0.15) is 22.8 Å². The molecule has 0 atom stereocenters. The summed E-state index contributed by atoms with van der Waals surface area (Å²) < 4.78 is 0. The molecule has 20 heavy (non-hydrogen) atoms. The number of hydrogen-bond donors (Lipinski definition) is 0. The standard InChI is InChI=1S/C14H21ClN4O/c1-5-6-10-11(15)16-9-17-12(10)19-8-7-18(4)13(20)14(19,2)3/h9H,5-8H2,1-4H3. The minimum atomic E-state index is -0.618. The first-order valence-electron chi connectivity index (χ1n) is 6.92. The molecule has 1 aromatic rings. The van der Waals surface area contributed by atoms with Crippen LogP contribution in [0.15, 0.2) is 6.33 Å². The van der Waals surface area contributed by atoms with E-state index in [9.17, 15) is 4.79 Å². The maximum absolute atomic E-state index is 12.4. The van der Waals surface area contributed by atoms with Crippen molar-refractivity contribution < 1.29 is 4.79 Å². The molecule has 0 aliphatic carbocycles. The summed E-state index contributed by atoms with van der Waals surface area (Å²) in [5.74, 6) is 0.888. The van der Waals surface area contributed by atoms with Gasteiger partial charge in [0.2, 0.25) is 5.91 Å². The number of likely N-dealkylation sites (N-methyl/N-ethyl adjacent to an activating group) is 1. The van der Waals surface area contributed by atoms with Crippen molar-refractivity contribution in [3.8, 4) is 0 Å². The minimum absolute atomic E-state index is 0.0981. The van der Waals surface area contributed by atoms with E-state index in [1.165, 1.54) is 6.33 Å². The fourth-order valence-corrected chi connectivity index (χ4v) is 2.89. The molecule has 1 fully saturated rings. The van der Waals surface area contributed by atoms with Crippen LogP contribution in [-0.4, -0.2) is 46.5 Å². The van der Waals surface area contributed by atoms with Gasteiger partial charge in [0.15, 0.2) is 0 Å². The predicted molar refractivity (Wildman–Crippen MR) is 80.1 cm³/mol. The highest BCUT2D eigenvalue weighted by Crippen LogP contribution is 2.32. The molecular weight excluding hydrogens is 276 g/mol. The van der Waals surface area contributed by atoms with E-state index in [4.69, 9.17) is 11.6 Å². The van der Waals surface area contributed by atoms with E-state index in [1.54, 1.807) is 4.90 Å².